The van der Waals surface area contributed by atoms with Crippen molar-refractivity contribution in [3.8, 4) is 0 Å². The summed E-state index contributed by atoms with van der Waals surface area (Å²) in [6.45, 7) is 3.60. The van der Waals surface area contributed by atoms with Crippen molar-refractivity contribution in [2.24, 2.45) is 0 Å². The summed E-state index contributed by atoms with van der Waals surface area (Å²) < 4.78 is 58.6. The lowest BCUT2D eigenvalue weighted by Crippen LogP contribution is -2.38. The van der Waals surface area contributed by atoms with Gasteiger partial charge in [0.1, 0.15) is 0 Å². The molecular formula is C34H29N3O6S2. The lowest BCUT2D eigenvalue weighted by molar-refractivity contribution is 0.100. The van der Waals surface area contributed by atoms with E-state index in [0.717, 1.165) is 11.1 Å². The molecule has 2 amide bonds. The Kier molecular flexibility index (Phi) is 8.84. The van der Waals surface area contributed by atoms with Gasteiger partial charge in [0.05, 0.1) is 21.2 Å². The fourth-order valence-corrected chi connectivity index (χ4v) is 6.94. The van der Waals surface area contributed by atoms with Crippen molar-refractivity contribution >= 4 is 48.9 Å². The summed E-state index contributed by atoms with van der Waals surface area (Å²) >= 11 is 0. The van der Waals surface area contributed by atoms with Gasteiger partial charge in [-0.1, -0.05) is 71.8 Å². The lowest BCUT2D eigenvalue weighted by Gasteiger charge is -2.26. The molecule has 0 bridgehead atoms. The number of anilines is 3. The van der Waals surface area contributed by atoms with Crippen molar-refractivity contribution in [3.63, 3.8) is 0 Å². The second-order valence-electron chi connectivity index (χ2n) is 10.2. The third-order valence-electron chi connectivity index (χ3n) is 6.85. The van der Waals surface area contributed by atoms with Crippen LogP contribution in [0.1, 0.15) is 31.8 Å². The number of nitrogens with one attached hydrogen (secondary N) is 2. The van der Waals surface area contributed by atoms with Crippen LogP contribution < -0.4 is 14.3 Å². The Morgan fingerprint density at radius 2 is 1.11 bits per heavy atom. The zero-order valence-electron chi connectivity index (χ0n) is 24.3. The molecule has 5 rings (SSSR count). The van der Waals surface area contributed by atoms with Crippen molar-refractivity contribution in [1.29, 1.82) is 0 Å². The van der Waals surface area contributed by atoms with Gasteiger partial charge in [-0.05, 0) is 80.6 Å². The first-order valence-electron chi connectivity index (χ1n) is 13.8. The Balaban J connectivity index is 1.70. The molecule has 0 saturated heterocycles. The highest BCUT2D eigenvalue weighted by Gasteiger charge is 2.35. The second kappa shape index (κ2) is 12.8. The molecule has 45 heavy (non-hydrogen) atoms. The van der Waals surface area contributed by atoms with Crippen LogP contribution in [0.5, 0.6) is 0 Å². The van der Waals surface area contributed by atoms with Crippen LogP contribution in [-0.4, -0.2) is 28.6 Å². The van der Waals surface area contributed by atoms with Crippen LogP contribution in [0.25, 0.3) is 0 Å². The summed E-state index contributed by atoms with van der Waals surface area (Å²) in [7, 11) is -8.87. The van der Waals surface area contributed by atoms with Gasteiger partial charge in [0.15, 0.2) is 0 Å². The minimum Gasteiger partial charge on any atom is -0.322 e. The van der Waals surface area contributed by atoms with Gasteiger partial charge in [-0.2, -0.15) is 4.31 Å². The molecule has 0 spiro atoms. The average Bonchev–Trinajstić information content (AvgIpc) is 3.03. The molecule has 0 radical (unpaired) electrons. The number of rotatable bonds is 9. The van der Waals surface area contributed by atoms with Crippen LogP contribution in [0, 0.1) is 13.8 Å². The molecule has 0 saturated carbocycles. The Morgan fingerprint density at radius 1 is 0.600 bits per heavy atom. The minimum atomic E-state index is -4.63. The molecule has 5 aromatic carbocycles. The number of benzene rings is 5. The first-order valence-corrected chi connectivity index (χ1v) is 16.7. The van der Waals surface area contributed by atoms with Crippen LogP contribution >= 0.6 is 0 Å². The molecule has 0 aliphatic heterocycles. The molecule has 0 aromatic heterocycles. The summed E-state index contributed by atoms with van der Waals surface area (Å²) in [6, 6.07) is 32.1. The van der Waals surface area contributed by atoms with E-state index in [1.165, 1.54) is 54.6 Å². The monoisotopic (exact) mass is 639 g/mol. The molecule has 0 aliphatic carbocycles. The second-order valence-corrected chi connectivity index (χ2v) is 13.7. The molecule has 0 heterocycles. The molecule has 0 unspecified atom stereocenters. The number of sulfonamides is 2. The predicted molar refractivity (Wildman–Crippen MR) is 174 cm³/mol. The molecule has 0 atom stereocenters. The first kappa shape index (κ1) is 31.2. The molecule has 5 aromatic rings. The molecular weight excluding hydrogens is 611 g/mol. The van der Waals surface area contributed by atoms with E-state index in [4.69, 9.17) is 0 Å². The number of carbonyl (C=O) groups excluding carboxylic acids is 2. The SMILES string of the molecule is Cc1ccc(S(=O)(=O)Nc2ccc(NC(=O)c3ccccc3)cc2N(C(=O)c2ccccc2)S(=O)(=O)c2ccc(C)cc2)cc1. The maximum Gasteiger partial charge on any atom is 0.272 e. The molecule has 0 aliphatic rings. The van der Waals surface area contributed by atoms with E-state index >= 15 is 0 Å². The Bertz CT molecular complexity index is 2070. The molecule has 2 N–H and O–H groups in total. The fourth-order valence-electron chi connectivity index (χ4n) is 4.44. The highest BCUT2D eigenvalue weighted by Crippen LogP contribution is 2.36. The maximum atomic E-state index is 14.3. The van der Waals surface area contributed by atoms with Crippen molar-refractivity contribution < 1.29 is 26.4 Å². The number of carbonyl (C=O) groups is 2. The van der Waals surface area contributed by atoms with Gasteiger partial charge in [0.2, 0.25) is 0 Å². The lowest BCUT2D eigenvalue weighted by atomic mass is 10.1. The van der Waals surface area contributed by atoms with Gasteiger partial charge < -0.3 is 5.32 Å². The van der Waals surface area contributed by atoms with Crippen molar-refractivity contribution in [2.45, 2.75) is 23.6 Å². The minimum absolute atomic E-state index is 0.0410. The number of amides is 2. The van der Waals surface area contributed by atoms with Gasteiger partial charge in [0.25, 0.3) is 31.9 Å². The van der Waals surface area contributed by atoms with E-state index in [0.29, 0.717) is 9.87 Å². The first-order chi connectivity index (χ1) is 21.5. The number of aryl methyl sites for hydroxylation is 2. The predicted octanol–water partition coefficient (Wildman–Crippen LogP) is 6.39. The quantitative estimate of drug-likeness (QED) is 0.192. The summed E-state index contributed by atoms with van der Waals surface area (Å²) in [5.74, 6) is -1.42. The average molecular weight is 640 g/mol. The van der Waals surface area contributed by atoms with E-state index in [-0.39, 0.29) is 32.4 Å². The number of hydrogen-bond donors (Lipinski definition) is 2. The summed E-state index contributed by atoms with van der Waals surface area (Å²) in [6.07, 6.45) is 0. The van der Waals surface area contributed by atoms with Crippen molar-refractivity contribution in [3.05, 3.63) is 150 Å². The van der Waals surface area contributed by atoms with Crippen LogP contribution in [0.4, 0.5) is 17.1 Å². The maximum absolute atomic E-state index is 14.3. The van der Waals surface area contributed by atoms with Gasteiger partial charge in [-0.15, -0.1) is 0 Å². The van der Waals surface area contributed by atoms with E-state index in [1.807, 2.05) is 6.92 Å². The topological polar surface area (TPSA) is 130 Å². The van der Waals surface area contributed by atoms with Crippen molar-refractivity contribution in [1.82, 2.24) is 0 Å². The summed E-state index contributed by atoms with van der Waals surface area (Å²) in [4.78, 5) is 26.8. The van der Waals surface area contributed by atoms with E-state index in [9.17, 15) is 26.4 Å². The fraction of sp³-hybridized carbons (Fsp3) is 0.0588. The van der Waals surface area contributed by atoms with Crippen molar-refractivity contribution in [2.75, 3.05) is 14.3 Å². The zero-order chi connectivity index (χ0) is 32.2. The molecule has 9 nitrogen and oxygen atoms in total. The molecule has 0 fully saturated rings. The van der Waals surface area contributed by atoms with E-state index < -0.39 is 31.9 Å². The largest absolute Gasteiger partial charge is 0.322 e. The molecule has 228 valence electrons. The number of nitrogens with zero attached hydrogens (tertiary/aromatic N) is 1. The Labute approximate surface area is 262 Å². The third kappa shape index (κ3) is 6.95. The Hall–Kier alpha value is -5.26. The van der Waals surface area contributed by atoms with E-state index in [1.54, 1.807) is 79.7 Å². The standard InChI is InChI=1S/C34H29N3O6S2/c1-24-13-18-29(19-14-24)44(40,41)36-31-22-17-28(35-33(38)26-9-5-3-6-10-26)23-32(31)37(34(39)27-11-7-4-8-12-27)45(42,43)30-20-15-25(2)16-21-30/h3-23,36H,1-2H3,(H,35,38). The van der Waals surface area contributed by atoms with Crippen LogP contribution in [0.15, 0.2) is 137 Å². The normalized spacial score (nSPS) is 11.4. The highest BCUT2D eigenvalue weighted by molar-refractivity contribution is 7.94. The van der Waals surface area contributed by atoms with Gasteiger partial charge in [-0.25, -0.2) is 16.8 Å². The van der Waals surface area contributed by atoms with Gasteiger partial charge >= 0.3 is 0 Å². The smallest absolute Gasteiger partial charge is 0.272 e. The highest BCUT2D eigenvalue weighted by atomic mass is 32.2. The molecule has 11 heteroatoms. The number of hydrogen-bond acceptors (Lipinski definition) is 6. The van der Waals surface area contributed by atoms with E-state index in [2.05, 4.69) is 10.0 Å². The van der Waals surface area contributed by atoms with Crippen LogP contribution in [0.3, 0.4) is 0 Å². The van der Waals surface area contributed by atoms with Gasteiger partial charge in [-0.3, -0.25) is 14.3 Å². The zero-order valence-corrected chi connectivity index (χ0v) is 26.0. The van der Waals surface area contributed by atoms with Crippen LogP contribution in [0.2, 0.25) is 0 Å². The third-order valence-corrected chi connectivity index (χ3v) is 9.94. The van der Waals surface area contributed by atoms with Gasteiger partial charge in [0, 0.05) is 16.8 Å². The summed E-state index contributed by atoms with van der Waals surface area (Å²) in [5, 5.41) is 2.71. The Morgan fingerprint density at radius 3 is 1.67 bits per heavy atom. The van der Waals surface area contributed by atoms with Crippen LogP contribution in [-0.2, 0) is 20.0 Å². The summed E-state index contributed by atoms with van der Waals surface area (Å²) in [5.41, 5.74) is 1.64.